The summed E-state index contributed by atoms with van der Waals surface area (Å²) in [5.41, 5.74) is 1.77. The van der Waals surface area contributed by atoms with E-state index in [-0.39, 0.29) is 0 Å². The Balaban J connectivity index is 1.67. The molecule has 0 bridgehead atoms. The molecule has 1 heterocycles. The van der Waals surface area contributed by atoms with E-state index in [0.29, 0.717) is 37.5 Å². The van der Waals surface area contributed by atoms with Crippen LogP contribution < -0.4 is 9.64 Å². The minimum atomic E-state index is -4.31. The summed E-state index contributed by atoms with van der Waals surface area (Å²) in [4.78, 5) is 3.62. The molecule has 1 atom stereocenters. The van der Waals surface area contributed by atoms with E-state index in [1.165, 1.54) is 17.1 Å². The normalized spacial score (nSPS) is 17.3. The van der Waals surface area contributed by atoms with Gasteiger partial charge in [0, 0.05) is 31.9 Å². The molecule has 144 valence electrons. The Bertz CT molecular complexity index is 736. The van der Waals surface area contributed by atoms with Crippen molar-refractivity contribution in [1.29, 1.82) is 0 Å². The molecule has 6 heteroatoms. The van der Waals surface area contributed by atoms with Crippen molar-refractivity contribution < 1.29 is 17.9 Å². The smallest absolute Gasteiger partial charge is 0.407 e. The number of anilines is 1. The number of methoxy groups -OCH3 is 1. The number of benzene rings is 2. The number of hydrogen-bond donors (Lipinski definition) is 0. The Morgan fingerprint density at radius 1 is 0.926 bits per heavy atom. The number of piperazine rings is 1. The predicted molar refractivity (Wildman–Crippen MR) is 102 cm³/mol. The lowest BCUT2D eigenvalue weighted by atomic mass is 10.1. The summed E-state index contributed by atoms with van der Waals surface area (Å²) < 4.78 is 45.9. The van der Waals surface area contributed by atoms with Gasteiger partial charge in [0.1, 0.15) is 11.8 Å². The molecule has 0 saturated carbocycles. The Morgan fingerprint density at radius 2 is 1.56 bits per heavy atom. The SMILES string of the molecule is COc1ccc(/C=C/[C@H](N2CCN(c3ccccc3)CC2)C(F)(F)F)cc1. The summed E-state index contributed by atoms with van der Waals surface area (Å²) in [7, 11) is 1.56. The van der Waals surface area contributed by atoms with Gasteiger partial charge in [-0.15, -0.1) is 0 Å². The van der Waals surface area contributed by atoms with Crippen LogP contribution in [0.1, 0.15) is 5.56 Å². The lowest BCUT2D eigenvalue weighted by Crippen LogP contribution is -2.54. The number of para-hydroxylation sites is 1. The summed E-state index contributed by atoms with van der Waals surface area (Å²) in [6, 6.07) is 15.2. The fourth-order valence-electron chi connectivity index (χ4n) is 3.25. The average Bonchev–Trinajstić information content (AvgIpc) is 2.69. The fraction of sp³-hybridized carbons (Fsp3) is 0.333. The molecule has 0 unspecified atom stereocenters. The van der Waals surface area contributed by atoms with Crippen LogP contribution in [0.25, 0.3) is 6.08 Å². The zero-order chi connectivity index (χ0) is 19.3. The lowest BCUT2D eigenvalue weighted by Gasteiger charge is -2.39. The predicted octanol–water partition coefficient (Wildman–Crippen LogP) is 4.46. The number of hydrogen-bond acceptors (Lipinski definition) is 3. The van der Waals surface area contributed by atoms with Gasteiger partial charge in [0.15, 0.2) is 0 Å². The summed E-state index contributed by atoms with van der Waals surface area (Å²) in [6.07, 6.45) is -1.53. The van der Waals surface area contributed by atoms with Gasteiger partial charge in [-0.25, -0.2) is 0 Å². The molecule has 1 aliphatic rings. The van der Waals surface area contributed by atoms with Crippen molar-refractivity contribution in [3.63, 3.8) is 0 Å². The van der Waals surface area contributed by atoms with Gasteiger partial charge in [-0.05, 0) is 29.8 Å². The third kappa shape index (κ3) is 5.04. The molecule has 0 aliphatic carbocycles. The molecule has 3 rings (SSSR count). The summed E-state index contributed by atoms with van der Waals surface area (Å²) in [5, 5.41) is 0. The molecule has 2 aromatic carbocycles. The number of alkyl halides is 3. The molecule has 1 saturated heterocycles. The third-order valence-corrected chi connectivity index (χ3v) is 4.75. The zero-order valence-electron chi connectivity index (χ0n) is 15.2. The van der Waals surface area contributed by atoms with Crippen molar-refractivity contribution in [3.8, 4) is 5.75 Å². The van der Waals surface area contributed by atoms with Crippen LogP contribution in [0.5, 0.6) is 5.75 Å². The van der Waals surface area contributed by atoms with Crippen LogP contribution in [-0.2, 0) is 0 Å². The maximum Gasteiger partial charge on any atom is 0.407 e. The van der Waals surface area contributed by atoms with Gasteiger partial charge in [0.05, 0.1) is 7.11 Å². The lowest BCUT2D eigenvalue weighted by molar-refractivity contribution is -0.170. The van der Waals surface area contributed by atoms with Crippen LogP contribution in [0.4, 0.5) is 18.9 Å². The number of nitrogens with zero attached hydrogens (tertiary/aromatic N) is 2. The van der Waals surface area contributed by atoms with E-state index in [9.17, 15) is 13.2 Å². The molecular formula is C21H23F3N2O. The Hall–Kier alpha value is -2.47. The quantitative estimate of drug-likeness (QED) is 0.766. The summed E-state index contributed by atoms with van der Waals surface area (Å²) >= 11 is 0. The molecule has 0 amide bonds. The van der Waals surface area contributed by atoms with Crippen LogP contribution in [0.3, 0.4) is 0 Å². The minimum Gasteiger partial charge on any atom is -0.497 e. The van der Waals surface area contributed by atoms with Crippen LogP contribution in [-0.4, -0.2) is 50.4 Å². The molecule has 0 spiro atoms. The molecule has 0 aromatic heterocycles. The van der Waals surface area contributed by atoms with E-state index in [0.717, 1.165) is 5.69 Å². The second kappa shape index (κ2) is 8.48. The first-order chi connectivity index (χ1) is 13.0. The standard InChI is InChI=1S/C21H23F3N2O/c1-27-19-10-7-17(8-11-19)9-12-20(21(22,23)24)26-15-13-25(14-16-26)18-5-3-2-4-6-18/h2-12,20H,13-16H2,1H3/b12-9+/t20-/m0/s1. The fourth-order valence-corrected chi connectivity index (χ4v) is 3.25. The molecular weight excluding hydrogens is 353 g/mol. The second-order valence-corrected chi connectivity index (χ2v) is 6.48. The van der Waals surface area contributed by atoms with Crippen molar-refractivity contribution in [2.24, 2.45) is 0 Å². The highest BCUT2D eigenvalue weighted by Gasteiger charge is 2.42. The molecule has 3 nitrogen and oxygen atoms in total. The Kier molecular flexibility index (Phi) is 6.06. The second-order valence-electron chi connectivity index (χ2n) is 6.48. The number of halogens is 3. The van der Waals surface area contributed by atoms with Gasteiger partial charge < -0.3 is 9.64 Å². The van der Waals surface area contributed by atoms with Gasteiger partial charge in [0.2, 0.25) is 0 Å². The summed E-state index contributed by atoms with van der Waals surface area (Å²) in [6.45, 7) is 1.89. The first-order valence-corrected chi connectivity index (χ1v) is 8.90. The number of ether oxygens (including phenoxy) is 1. The van der Waals surface area contributed by atoms with Crippen molar-refractivity contribution in [3.05, 3.63) is 66.2 Å². The molecule has 27 heavy (non-hydrogen) atoms. The molecule has 1 aliphatic heterocycles. The first-order valence-electron chi connectivity index (χ1n) is 8.90. The topological polar surface area (TPSA) is 15.7 Å². The zero-order valence-corrected chi connectivity index (χ0v) is 15.2. The molecule has 0 radical (unpaired) electrons. The van der Waals surface area contributed by atoms with E-state index in [1.54, 1.807) is 31.4 Å². The van der Waals surface area contributed by atoms with E-state index in [1.807, 2.05) is 30.3 Å². The van der Waals surface area contributed by atoms with E-state index in [4.69, 9.17) is 4.74 Å². The molecule has 1 fully saturated rings. The number of rotatable bonds is 5. The van der Waals surface area contributed by atoms with Crippen LogP contribution in [0.15, 0.2) is 60.7 Å². The highest BCUT2D eigenvalue weighted by Crippen LogP contribution is 2.28. The van der Waals surface area contributed by atoms with Gasteiger partial charge in [0.25, 0.3) is 0 Å². The van der Waals surface area contributed by atoms with Gasteiger partial charge in [-0.3, -0.25) is 4.90 Å². The Labute approximate surface area is 157 Å². The van der Waals surface area contributed by atoms with Crippen molar-refractivity contribution in [2.45, 2.75) is 12.2 Å². The van der Waals surface area contributed by atoms with Gasteiger partial charge >= 0.3 is 6.18 Å². The minimum absolute atomic E-state index is 0.367. The highest BCUT2D eigenvalue weighted by molar-refractivity contribution is 5.51. The average molecular weight is 376 g/mol. The first kappa shape index (κ1) is 19.3. The molecule has 0 N–H and O–H groups in total. The van der Waals surface area contributed by atoms with Crippen LogP contribution in [0, 0.1) is 0 Å². The maximum atomic E-state index is 13.6. The third-order valence-electron chi connectivity index (χ3n) is 4.75. The van der Waals surface area contributed by atoms with Crippen molar-refractivity contribution in [1.82, 2.24) is 4.90 Å². The van der Waals surface area contributed by atoms with Crippen molar-refractivity contribution in [2.75, 3.05) is 38.2 Å². The van der Waals surface area contributed by atoms with Gasteiger partial charge in [-0.2, -0.15) is 13.2 Å². The highest BCUT2D eigenvalue weighted by atomic mass is 19.4. The van der Waals surface area contributed by atoms with E-state index in [2.05, 4.69) is 4.90 Å². The van der Waals surface area contributed by atoms with Gasteiger partial charge in [-0.1, -0.05) is 42.5 Å². The maximum absolute atomic E-state index is 13.6. The van der Waals surface area contributed by atoms with Crippen molar-refractivity contribution >= 4 is 11.8 Å². The largest absolute Gasteiger partial charge is 0.497 e. The summed E-state index contributed by atoms with van der Waals surface area (Å²) in [5.74, 6) is 0.677. The van der Waals surface area contributed by atoms with Crippen LogP contribution in [0.2, 0.25) is 0 Å². The van der Waals surface area contributed by atoms with E-state index < -0.39 is 12.2 Å². The monoisotopic (exact) mass is 376 g/mol. The Morgan fingerprint density at radius 3 is 2.11 bits per heavy atom. The molecule has 2 aromatic rings. The van der Waals surface area contributed by atoms with Crippen LogP contribution >= 0.6 is 0 Å². The van der Waals surface area contributed by atoms with E-state index >= 15 is 0 Å².